The van der Waals surface area contributed by atoms with Crippen LogP contribution in [-0.4, -0.2) is 57.5 Å². The number of rotatable bonds is 8. The Hall–Kier alpha value is -5.42. The predicted octanol–water partition coefficient (Wildman–Crippen LogP) is 4.92. The van der Waals surface area contributed by atoms with Crippen molar-refractivity contribution in [2.24, 2.45) is 5.73 Å². The third-order valence-corrected chi connectivity index (χ3v) is 9.38. The highest BCUT2D eigenvalue weighted by molar-refractivity contribution is 6.05. The number of carbonyl (C=O) groups excluding carboxylic acids is 4. The summed E-state index contributed by atoms with van der Waals surface area (Å²) in [5.74, 6) is -0.718. The number of ether oxygens (including phenoxy) is 1. The highest BCUT2D eigenvalue weighted by Gasteiger charge is 2.39. The maximum absolute atomic E-state index is 15.3. The van der Waals surface area contributed by atoms with Crippen molar-refractivity contribution in [3.63, 3.8) is 0 Å². The van der Waals surface area contributed by atoms with Crippen LogP contribution in [0.15, 0.2) is 78.9 Å². The van der Waals surface area contributed by atoms with Crippen LogP contribution in [0.3, 0.4) is 0 Å². The van der Waals surface area contributed by atoms with Crippen molar-refractivity contribution in [1.29, 1.82) is 0 Å². The van der Waals surface area contributed by atoms with Crippen LogP contribution in [0.5, 0.6) is 11.5 Å². The van der Waals surface area contributed by atoms with E-state index in [1.54, 1.807) is 12.1 Å². The van der Waals surface area contributed by atoms with Crippen LogP contribution in [0, 0.1) is 5.82 Å². The van der Waals surface area contributed by atoms with Crippen molar-refractivity contribution >= 4 is 23.6 Å². The van der Waals surface area contributed by atoms with Gasteiger partial charge in [0.25, 0.3) is 11.8 Å². The molecule has 10 nitrogen and oxygen atoms in total. The van der Waals surface area contributed by atoms with Gasteiger partial charge in [-0.25, -0.2) is 4.39 Å². The summed E-state index contributed by atoms with van der Waals surface area (Å²) >= 11 is 0. The summed E-state index contributed by atoms with van der Waals surface area (Å²) in [7, 11) is 0. The Morgan fingerprint density at radius 2 is 1.67 bits per heavy atom. The third kappa shape index (κ3) is 6.28. The fourth-order valence-electron chi connectivity index (χ4n) is 6.82. The van der Waals surface area contributed by atoms with Crippen LogP contribution in [0.2, 0.25) is 0 Å². The summed E-state index contributed by atoms with van der Waals surface area (Å²) in [6.07, 6.45) is 2.00. The summed E-state index contributed by atoms with van der Waals surface area (Å²) < 4.78 is 21.2. The molecular weight excluding hydrogens is 613 g/mol. The molecule has 11 heteroatoms. The van der Waals surface area contributed by atoms with Gasteiger partial charge in [-0.15, -0.1) is 0 Å². The second-order valence-electron chi connectivity index (χ2n) is 12.5. The molecule has 4 aromatic rings. The van der Waals surface area contributed by atoms with Crippen LogP contribution in [0.4, 0.5) is 4.39 Å². The fraction of sp³-hybridized carbons (Fsp3) is 0.270. The lowest BCUT2D eigenvalue weighted by Gasteiger charge is -2.32. The van der Waals surface area contributed by atoms with Crippen molar-refractivity contribution in [2.75, 3.05) is 13.1 Å². The first-order chi connectivity index (χ1) is 23.2. The standard InChI is InChI=1S/C37H34FN5O5/c38-30-19-29-24(21-43(37(29)47)32-12-13-33(44)41-36(32)46)18-25(30)20-42-16-14-22(15-17-42)31-11-10-28(35(39)45)34(40-31)23-6-8-27(9-7-23)48-26-4-2-1-3-5-26/h1-11,18-19,22,32H,12-17,20-21H2,(H2,39,45)(H,41,44,46). The van der Waals surface area contributed by atoms with E-state index < -0.39 is 29.6 Å². The Morgan fingerprint density at radius 3 is 2.38 bits per heavy atom. The number of imide groups is 1. The zero-order chi connectivity index (χ0) is 33.4. The lowest BCUT2D eigenvalue weighted by atomic mass is 9.91. The number of amides is 4. The molecule has 3 aromatic carbocycles. The van der Waals surface area contributed by atoms with Gasteiger partial charge in [-0.3, -0.25) is 34.4 Å². The van der Waals surface area contributed by atoms with Gasteiger partial charge in [-0.1, -0.05) is 18.2 Å². The molecule has 4 heterocycles. The number of primary amides is 1. The fourth-order valence-corrected chi connectivity index (χ4v) is 6.82. The lowest BCUT2D eigenvalue weighted by molar-refractivity contribution is -0.136. The number of hydrogen-bond acceptors (Lipinski definition) is 7. The first-order valence-corrected chi connectivity index (χ1v) is 16.1. The van der Waals surface area contributed by atoms with Crippen molar-refractivity contribution in [1.82, 2.24) is 20.1 Å². The number of carbonyl (C=O) groups is 4. The predicted molar refractivity (Wildman–Crippen MR) is 174 cm³/mol. The molecule has 0 saturated carbocycles. The lowest BCUT2D eigenvalue weighted by Crippen LogP contribution is -2.52. The molecule has 4 amide bonds. The molecule has 1 aromatic heterocycles. The Balaban J connectivity index is 1.01. The van der Waals surface area contributed by atoms with Gasteiger partial charge >= 0.3 is 0 Å². The maximum atomic E-state index is 15.3. The van der Waals surface area contributed by atoms with Gasteiger partial charge in [0.15, 0.2) is 0 Å². The van der Waals surface area contributed by atoms with E-state index in [1.807, 2.05) is 60.7 Å². The van der Waals surface area contributed by atoms with E-state index in [0.717, 1.165) is 29.8 Å². The molecule has 1 atom stereocenters. The molecule has 0 radical (unpaired) electrons. The molecule has 3 aliphatic rings. The minimum absolute atomic E-state index is 0.146. The molecule has 3 N–H and O–H groups in total. The molecule has 48 heavy (non-hydrogen) atoms. The normalized spacial score (nSPS) is 18.5. The number of nitrogens with two attached hydrogens (primary N) is 1. The van der Waals surface area contributed by atoms with Crippen molar-refractivity contribution < 1.29 is 28.3 Å². The van der Waals surface area contributed by atoms with E-state index in [9.17, 15) is 19.2 Å². The monoisotopic (exact) mass is 647 g/mol. The second-order valence-corrected chi connectivity index (χ2v) is 12.5. The Kier molecular flexibility index (Phi) is 8.45. The molecule has 0 spiro atoms. The zero-order valence-electron chi connectivity index (χ0n) is 26.2. The number of nitrogens with zero attached hydrogens (tertiary/aromatic N) is 3. The van der Waals surface area contributed by atoms with E-state index in [1.165, 1.54) is 11.0 Å². The van der Waals surface area contributed by atoms with Gasteiger partial charge in [0.1, 0.15) is 23.4 Å². The largest absolute Gasteiger partial charge is 0.457 e. The topological polar surface area (TPSA) is 135 Å². The number of hydrogen-bond donors (Lipinski definition) is 2. The van der Waals surface area contributed by atoms with Gasteiger partial charge in [-0.2, -0.15) is 0 Å². The van der Waals surface area contributed by atoms with Crippen molar-refractivity contribution in [3.8, 4) is 22.8 Å². The van der Waals surface area contributed by atoms with Crippen LogP contribution >= 0.6 is 0 Å². The summed E-state index contributed by atoms with van der Waals surface area (Å²) in [6.45, 7) is 2.01. The maximum Gasteiger partial charge on any atom is 0.255 e. The molecular formula is C37H34FN5O5. The Morgan fingerprint density at radius 1 is 0.938 bits per heavy atom. The molecule has 1 unspecified atom stereocenters. The molecule has 0 bridgehead atoms. The summed E-state index contributed by atoms with van der Waals surface area (Å²) in [5.41, 5.74) is 9.65. The van der Waals surface area contributed by atoms with Crippen LogP contribution < -0.4 is 15.8 Å². The zero-order valence-corrected chi connectivity index (χ0v) is 26.2. The minimum Gasteiger partial charge on any atom is -0.457 e. The molecule has 3 aliphatic heterocycles. The van der Waals surface area contributed by atoms with Crippen molar-refractivity contribution in [2.45, 2.75) is 50.7 Å². The number of halogens is 1. The van der Waals surface area contributed by atoms with E-state index in [4.69, 9.17) is 15.5 Å². The summed E-state index contributed by atoms with van der Waals surface area (Å²) in [4.78, 5) is 57.9. The van der Waals surface area contributed by atoms with E-state index in [2.05, 4.69) is 10.2 Å². The summed E-state index contributed by atoms with van der Waals surface area (Å²) in [6, 6.07) is 22.7. The minimum atomic E-state index is -0.743. The molecule has 2 fully saturated rings. The van der Waals surface area contributed by atoms with Crippen LogP contribution in [0.1, 0.15) is 69.1 Å². The van der Waals surface area contributed by atoms with Crippen molar-refractivity contribution in [3.05, 3.63) is 113 Å². The average molecular weight is 648 g/mol. The Bertz CT molecular complexity index is 1910. The van der Waals surface area contributed by atoms with Gasteiger partial charge in [0.2, 0.25) is 11.8 Å². The van der Waals surface area contributed by atoms with Gasteiger partial charge < -0.3 is 15.4 Å². The summed E-state index contributed by atoms with van der Waals surface area (Å²) in [5, 5.41) is 2.29. The van der Waals surface area contributed by atoms with Gasteiger partial charge in [0, 0.05) is 47.8 Å². The first kappa shape index (κ1) is 31.2. The Labute approximate surface area is 276 Å². The number of pyridine rings is 1. The number of aromatic nitrogens is 1. The molecule has 0 aliphatic carbocycles. The van der Waals surface area contributed by atoms with E-state index in [-0.39, 0.29) is 36.8 Å². The number of benzene rings is 3. The number of nitrogens with one attached hydrogen (secondary N) is 1. The number of likely N-dealkylation sites (tertiary alicyclic amines) is 1. The number of fused-ring (bicyclic) bond motifs is 1. The quantitative estimate of drug-likeness (QED) is 0.259. The third-order valence-electron chi connectivity index (χ3n) is 9.38. The molecule has 7 rings (SSSR count). The highest BCUT2D eigenvalue weighted by Crippen LogP contribution is 2.34. The average Bonchev–Trinajstić information content (AvgIpc) is 3.40. The number of para-hydroxylation sites is 1. The van der Waals surface area contributed by atoms with Gasteiger partial charge in [-0.05, 0) is 98.6 Å². The van der Waals surface area contributed by atoms with Crippen LogP contribution in [-0.2, 0) is 22.7 Å². The highest BCUT2D eigenvalue weighted by atomic mass is 19.1. The van der Waals surface area contributed by atoms with E-state index >= 15 is 4.39 Å². The smallest absolute Gasteiger partial charge is 0.255 e. The van der Waals surface area contributed by atoms with Crippen LogP contribution in [0.25, 0.3) is 11.3 Å². The van der Waals surface area contributed by atoms with E-state index in [0.29, 0.717) is 47.8 Å². The molecule has 244 valence electrons. The first-order valence-electron chi connectivity index (χ1n) is 16.1. The number of piperidine rings is 2. The van der Waals surface area contributed by atoms with Gasteiger partial charge in [0.05, 0.1) is 11.3 Å². The molecule has 2 saturated heterocycles. The second kappa shape index (κ2) is 13.0. The SMILES string of the molecule is NC(=O)c1ccc(C2CCN(Cc3cc4c(cc3F)C(=O)N(C3CCC(=O)NC3=O)C4)CC2)nc1-c1ccc(Oc2ccccc2)cc1.